The topological polar surface area (TPSA) is 46.5 Å². The molecule has 3 rings (SSSR count). The molecule has 2 aromatic carbocycles. The van der Waals surface area contributed by atoms with E-state index in [2.05, 4.69) is 4.74 Å². The average Bonchev–Trinajstić information content (AvgIpc) is 3.11. The highest BCUT2D eigenvalue weighted by Crippen LogP contribution is 2.43. The van der Waals surface area contributed by atoms with E-state index in [9.17, 15) is 35.5 Å². The SMILES string of the molecule is O=C(Oc1c(F)c(F)c(F)c(F)c1F)c1cc2cc(C(F)(F)PO)ccc2s1. The van der Waals surface area contributed by atoms with Gasteiger partial charge in [0.25, 0.3) is 0 Å². The van der Waals surface area contributed by atoms with Crippen molar-refractivity contribution in [1.29, 1.82) is 0 Å². The number of thiophene rings is 1. The first-order chi connectivity index (χ1) is 13.1. The molecule has 148 valence electrons. The average molecular weight is 442 g/mol. The number of hydrogen-bond acceptors (Lipinski definition) is 4. The number of esters is 1. The molecule has 0 amide bonds. The van der Waals surface area contributed by atoms with Gasteiger partial charge >= 0.3 is 11.6 Å². The third-order valence-corrected chi connectivity index (χ3v) is 5.25. The molecule has 3 nitrogen and oxygen atoms in total. The van der Waals surface area contributed by atoms with Crippen molar-refractivity contribution in [1.82, 2.24) is 0 Å². The molecule has 1 N–H and O–H groups in total. The molecule has 0 aliphatic heterocycles. The van der Waals surface area contributed by atoms with Crippen LogP contribution in [0, 0.1) is 29.1 Å². The van der Waals surface area contributed by atoms with Crippen LogP contribution in [-0.4, -0.2) is 10.9 Å². The van der Waals surface area contributed by atoms with Crippen molar-refractivity contribution in [3.05, 3.63) is 63.8 Å². The molecule has 1 heterocycles. The fourth-order valence-electron chi connectivity index (χ4n) is 2.22. The van der Waals surface area contributed by atoms with Gasteiger partial charge in [0.1, 0.15) is 4.88 Å². The largest absolute Gasteiger partial charge is 0.416 e. The minimum absolute atomic E-state index is 0.129. The van der Waals surface area contributed by atoms with Gasteiger partial charge in [-0.2, -0.15) is 17.6 Å². The van der Waals surface area contributed by atoms with Gasteiger partial charge in [0.05, 0.1) is 8.81 Å². The van der Waals surface area contributed by atoms with E-state index in [1.165, 1.54) is 6.07 Å². The Morgan fingerprint density at radius 1 is 0.964 bits per heavy atom. The number of hydrogen-bond donors (Lipinski definition) is 1. The molecule has 0 aliphatic carbocycles. The van der Waals surface area contributed by atoms with Crippen LogP contribution in [0.2, 0.25) is 0 Å². The zero-order valence-electron chi connectivity index (χ0n) is 13.1. The van der Waals surface area contributed by atoms with Gasteiger partial charge in [-0.25, -0.2) is 18.0 Å². The van der Waals surface area contributed by atoms with E-state index in [-0.39, 0.29) is 10.3 Å². The zero-order chi connectivity index (χ0) is 20.8. The Hall–Kier alpha value is -2.23. The van der Waals surface area contributed by atoms with E-state index in [0.717, 1.165) is 18.2 Å². The Labute approximate surface area is 157 Å². The van der Waals surface area contributed by atoms with E-state index in [1.54, 1.807) is 0 Å². The first kappa shape index (κ1) is 20.5. The van der Waals surface area contributed by atoms with E-state index >= 15 is 0 Å². The van der Waals surface area contributed by atoms with Gasteiger partial charge in [-0.1, -0.05) is 6.07 Å². The van der Waals surface area contributed by atoms with Crippen LogP contribution in [0.5, 0.6) is 5.75 Å². The molecule has 0 saturated heterocycles. The maximum absolute atomic E-state index is 13.6. The highest BCUT2D eigenvalue weighted by Gasteiger charge is 2.32. The van der Waals surface area contributed by atoms with Gasteiger partial charge in [-0.05, 0) is 23.6 Å². The summed E-state index contributed by atoms with van der Waals surface area (Å²) in [6.07, 6.45) is 0. The summed E-state index contributed by atoms with van der Waals surface area (Å²) in [6, 6.07) is 4.28. The number of fused-ring (bicyclic) bond motifs is 1. The molecule has 1 aromatic heterocycles. The lowest BCUT2D eigenvalue weighted by atomic mass is 10.1. The van der Waals surface area contributed by atoms with Crippen molar-refractivity contribution in [2.24, 2.45) is 0 Å². The first-order valence-corrected chi connectivity index (χ1v) is 8.90. The molecule has 28 heavy (non-hydrogen) atoms. The van der Waals surface area contributed by atoms with E-state index < -0.39 is 60.8 Å². The predicted octanol–water partition coefficient (Wildman–Crippen LogP) is 5.45. The van der Waals surface area contributed by atoms with Crippen molar-refractivity contribution >= 4 is 36.2 Å². The standard InChI is InChI=1S/C16H6F7O3PS/c17-9-10(18)12(20)14(13(21)11(9)19)26-15(24)8-4-5-3-6(16(22,23)27-25)1-2-7(5)28-8/h1-4,25,27H. The third-order valence-electron chi connectivity index (χ3n) is 3.58. The van der Waals surface area contributed by atoms with E-state index in [4.69, 9.17) is 4.89 Å². The van der Waals surface area contributed by atoms with Gasteiger partial charge in [-0.3, -0.25) is 0 Å². The Balaban J connectivity index is 1.97. The van der Waals surface area contributed by atoms with Crippen LogP contribution < -0.4 is 4.74 Å². The molecule has 0 spiro atoms. The molecule has 0 saturated carbocycles. The lowest BCUT2D eigenvalue weighted by molar-refractivity contribution is 0.0721. The summed E-state index contributed by atoms with van der Waals surface area (Å²) in [5.41, 5.74) is -4.04. The maximum Gasteiger partial charge on any atom is 0.353 e. The zero-order valence-corrected chi connectivity index (χ0v) is 14.9. The Bertz CT molecular complexity index is 1070. The van der Waals surface area contributed by atoms with Gasteiger partial charge in [-0.15, -0.1) is 11.3 Å². The Morgan fingerprint density at radius 2 is 1.54 bits per heavy atom. The fourth-order valence-corrected chi connectivity index (χ4v) is 3.43. The molecule has 1 unspecified atom stereocenters. The second kappa shape index (κ2) is 7.31. The number of alkyl halides is 2. The van der Waals surface area contributed by atoms with Crippen molar-refractivity contribution in [2.45, 2.75) is 5.66 Å². The lowest BCUT2D eigenvalue weighted by Crippen LogP contribution is -2.12. The van der Waals surface area contributed by atoms with Crippen LogP contribution in [-0.2, 0) is 5.66 Å². The number of benzene rings is 2. The molecule has 0 fully saturated rings. The van der Waals surface area contributed by atoms with Crippen LogP contribution in [0.1, 0.15) is 15.2 Å². The summed E-state index contributed by atoms with van der Waals surface area (Å²) in [5, 5.41) is 0.129. The van der Waals surface area contributed by atoms with Crippen LogP contribution >= 0.6 is 20.1 Å². The van der Waals surface area contributed by atoms with E-state index in [0.29, 0.717) is 16.0 Å². The number of rotatable bonds is 4. The van der Waals surface area contributed by atoms with Crippen LogP contribution in [0.3, 0.4) is 0 Å². The molecule has 0 radical (unpaired) electrons. The number of carbonyl (C=O) groups excluding carboxylic acids is 1. The van der Waals surface area contributed by atoms with Crippen molar-refractivity contribution in [2.75, 3.05) is 0 Å². The van der Waals surface area contributed by atoms with Crippen LogP contribution in [0.15, 0.2) is 24.3 Å². The molecular formula is C16H6F7O3PS. The van der Waals surface area contributed by atoms with Gasteiger partial charge in [0.2, 0.25) is 34.8 Å². The summed E-state index contributed by atoms with van der Waals surface area (Å²) < 4.78 is 98.3. The number of halogens is 7. The fraction of sp³-hybridized carbons (Fsp3) is 0.0625. The Kier molecular flexibility index (Phi) is 5.35. The second-order valence-corrected chi connectivity index (χ2v) is 7.27. The van der Waals surface area contributed by atoms with Crippen molar-refractivity contribution in [3.63, 3.8) is 0 Å². The Morgan fingerprint density at radius 3 is 2.11 bits per heavy atom. The summed E-state index contributed by atoms with van der Waals surface area (Å²) in [7, 11) is -1.70. The molecule has 1 atom stereocenters. The molecule has 12 heteroatoms. The molecule has 3 aromatic rings. The highest BCUT2D eigenvalue weighted by atomic mass is 32.1. The highest BCUT2D eigenvalue weighted by molar-refractivity contribution is 7.32. The lowest BCUT2D eigenvalue weighted by Gasteiger charge is -2.12. The minimum atomic E-state index is -3.51. The van der Waals surface area contributed by atoms with Crippen molar-refractivity contribution < 1.29 is 45.2 Å². The van der Waals surface area contributed by atoms with Gasteiger partial charge < -0.3 is 9.63 Å². The maximum atomic E-state index is 13.6. The summed E-state index contributed by atoms with van der Waals surface area (Å²) in [6.45, 7) is 0. The smallest absolute Gasteiger partial charge is 0.353 e. The molecule has 0 bridgehead atoms. The summed E-state index contributed by atoms with van der Waals surface area (Å²) in [4.78, 5) is 20.5. The van der Waals surface area contributed by atoms with Crippen LogP contribution in [0.4, 0.5) is 30.7 Å². The monoisotopic (exact) mass is 442 g/mol. The number of carbonyl (C=O) groups is 1. The number of ether oxygens (including phenoxy) is 1. The summed E-state index contributed by atoms with van der Waals surface area (Å²) in [5.74, 6) is -14.8. The minimum Gasteiger partial charge on any atom is -0.416 e. The second-order valence-electron chi connectivity index (χ2n) is 5.34. The summed E-state index contributed by atoms with van der Waals surface area (Å²) >= 11 is 0.689. The normalized spacial score (nSPS) is 12.3. The van der Waals surface area contributed by atoms with Gasteiger partial charge in [0, 0.05) is 10.3 Å². The van der Waals surface area contributed by atoms with Crippen molar-refractivity contribution in [3.8, 4) is 5.75 Å². The predicted molar refractivity (Wildman–Crippen MR) is 87.4 cm³/mol. The quantitative estimate of drug-likeness (QED) is 0.146. The van der Waals surface area contributed by atoms with Gasteiger partial charge in [0.15, 0.2) is 0 Å². The molecular weight excluding hydrogens is 436 g/mol. The third kappa shape index (κ3) is 3.45. The first-order valence-electron chi connectivity index (χ1n) is 7.13. The molecule has 0 aliphatic rings. The van der Waals surface area contributed by atoms with E-state index in [1.807, 2.05) is 0 Å². The van der Waals surface area contributed by atoms with Crippen LogP contribution in [0.25, 0.3) is 10.1 Å².